The lowest BCUT2D eigenvalue weighted by Crippen LogP contribution is -2.53. The standard InChI is InChI=1S/C19H28O6Si/c1-19(2,3)26(4,5)25-16-15-14(23-17(16)21)13(11-20)22-18(24-15)12-9-7-6-8-10-12/h6-10,13-16,18,20H,11H2,1-5H3/t13-,14+,15-,16-,18-/m0/s1. The van der Waals surface area contributed by atoms with Crippen molar-refractivity contribution in [2.24, 2.45) is 0 Å². The van der Waals surface area contributed by atoms with Crippen LogP contribution in [0.3, 0.4) is 0 Å². The summed E-state index contributed by atoms with van der Waals surface area (Å²) in [6.07, 6.45) is -3.38. The van der Waals surface area contributed by atoms with Crippen LogP contribution in [0.15, 0.2) is 30.3 Å². The van der Waals surface area contributed by atoms with Crippen LogP contribution in [0.4, 0.5) is 0 Å². The van der Waals surface area contributed by atoms with Crippen LogP contribution in [0.1, 0.15) is 32.6 Å². The Hall–Kier alpha value is -1.25. The maximum atomic E-state index is 12.5. The van der Waals surface area contributed by atoms with Crippen LogP contribution in [-0.4, -0.2) is 50.4 Å². The Labute approximate surface area is 155 Å². The molecule has 1 aromatic rings. The molecule has 0 bridgehead atoms. The summed E-state index contributed by atoms with van der Waals surface area (Å²) in [5.74, 6) is -0.444. The molecule has 1 N–H and O–H groups in total. The molecule has 144 valence electrons. The van der Waals surface area contributed by atoms with Crippen LogP contribution >= 0.6 is 0 Å². The van der Waals surface area contributed by atoms with E-state index in [4.69, 9.17) is 18.6 Å². The molecule has 7 heteroatoms. The third-order valence-corrected chi connectivity index (χ3v) is 9.99. The van der Waals surface area contributed by atoms with Crippen LogP contribution in [0.25, 0.3) is 0 Å². The van der Waals surface area contributed by atoms with Crippen molar-refractivity contribution in [1.29, 1.82) is 0 Å². The van der Waals surface area contributed by atoms with Crippen LogP contribution in [-0.2, 0) is 23.4 Å². The molecule has 1 aromatic carbocycles. The van der Waals surface area contributed by atoms with Gasteiger partial charge in [-0.15, -0.1) is 0 Å². The van der Waals surface area contributed by atoms with E-state index in [-0.39, 0.29) is 11.6 Å². The zero-order chi connectivity index (χ0) is 19.1. The van der Waals surface area contributed by atoms with Crippen LogP contribution in [0.2, 0.25) is 18.1 Å². The molecule has 2 heterocycles. The predicted octanol–water partition coefficient (Wildman–Crippen LogP) is 2.78. The zero-order valence-electron chi connectivity index (χ0n) is 16.0. The summed E-state index contributed by atoms with van der Waals surface area (Å²) < 4.78 is 23.7. The number of fused-ring (bicyclic) bond motifs is 1. The minimum atomic E-state index is -2.21. The van der Waals surface area contributed by atoms with E-state index in [1.54, 1.807) is 0 Å². The molecular weight excluding hydrogens is 352 g/mol. The zero-order valence-corrected chi connectivity index (χ0v) is 17.0. The minimum absolute atomic E-state index is 0.0499. The van der Waals surface area contributed by atoms with Crippen molar-refractivity contribution in [2.45, 2.75) is 69.6 Å². The van der Waals surface area contributed by atoms with Crippen molar-refractivity contribution in [3.8, 4) is 0 Å². The highest BCUT2D eigenvalue weighted by Crippen LogP contribution is 2.42. The highest BCUT2D eigenvalue weighted by Gasteiger charge is 2.56. The van der Waals surface area contributed by atoms with Gasteiger partial charge in [0.1, 0.15) is 12.2 Å². The molecule has 0 unspecified atom stereocenters. The van der Waals surface area contributed by atoms with Gasteiger partial charge in [0.15, 0.2) is 26.8 Å². The number of rotatable bonds is 4. The molecule has 2 saturated heterocycles. The summed E-state index contributed by atoms with van der Waals surface area (Å²) >= 11 is 0. The average molecular weight is 381 g/mol. The van der Waals surface area contributed by atoms with Crippen LogP contribution in [0, 0.1) is 0 Å². The van der Waals surface area contributed by atoms with E-state index in [2.05, 4.69) is 33.9 Å². The van der Waals surface area contributed by atoms with E-state index in [1.165, 1.54) is 0 Å². The van der Waals surface area contributed by atoms with Crippen LogP contribution < -0.4 is 0 Å². The summed E-state index contributed by atoms with van der Waals surface area (Å²) in [5.41, 5.74) is 0.829. The number of carbonyl (C=O) groups excluding carboxylic acids is 1. The number of benzene rings is 1. The second-order valence-electron chi connectivity index (χ2n) is 8.40. The van der Waals surface area contributed by atoms with E-state index < -0.39 is 45.0 Å². The second-order valence-corrected chi connectivity index (χ2v) is 13.2. The van der Waals surface area contributed by atoms with Gasteiger partial charge >= 0.3 is 5.97 Å². The highest BCUT2D eigenvalue weighted by molar-refractivity contribution is 6.74. The lowest BCUT2D eigenvalue weighted by atomic mass is 10.0. The predicted molar refractivity (Wildman–Crippen MR) is 98.0 cm³/mol. The number of hydrogen-bond acceptors (Lipinski definition) is 6. The van der Waals surface area contributed by atoms with E-state index in [0.717, 1.165) is 5.56 Å². The second kappa shape index (κ2) is 7.05. The van der Waals surface area contributed by atoms with E-state index in [1.807, 2.05) is 30.3 Å². The molecule has 2 aliphatic heterocycles. The Morgan fingerprint density at radius 3 is 2.35 bits per heavy atom. The largest absolute Gasteiger partial charge is 0.455 e. The third kappa shape index (κ3) is 3.59. The van der Waals surface area contributed by atoms with Gasteiger partial charge in [-0.1, -0.05) is 51.1 Å². The molecule has 2 aliphatic rings. The molecular formula is C19H28O6Si. The molecule has 5 atom stereocenters. The van der Waals surface area contributed by atoms with Gasteiger partial charge in [-0.2, -0.15) is 0 Å². The normalized spacial score (nSPS) is 32.2. The van der Waals surface area contributed by atoms with Crippen molar-refractivity contribution in [3.63, 3.8) is 0 Å². The molecule has 2 fully saturated rings. The Morgan fingerprint density at radius 1 is 1.12 bits per heavy atom. The van der Waals surface area contributed by atoms with Gasteiger partial charge in [-0.05, 0) is 18.1 Å². The maximum absolute atomic E-state index is 12.5. The van der Waals surface area contributed by atoms with Crippen molar-refractivity contribution in [3.05, 3.63) is 35.9 Å². The molecule has 6 nitrogen and oxygen atoms in total. The summed E-state index contributed by atoms with van der Waals surface area (Å²) in [4.78, 5) is 12.5. The minimum Gasteiger partial charge on any atom is -0.455 e. The lowest BCUT2D eigenvalue weighted by Gasteiger charge is -2.41. The van der Waals surface area contributed by atoms with Crippen molar-refractivity contribution in [2.75, 3.05) is 6.61 Å². The van der Waals surface area contributed by atoms with Crippen LogP contribution in [0.5, 0.6) is 0 Å². The number of aliphatic hydroxyl groups excluding tert-OH is 1. The fourth-order valence-electron chi connectivity index (χ4n) is 2.95. The summed E-state index contributed by atoms with van der Waals surface area (Å²) in [6, 6.07) is 9.47. The lowest BCUT2D eigenvalue weighted by molar-refractivity contribution is -0.287. The highest BCUT2D eigenvalue weighted by atomic mass is 28.4. The number of carbonyl (C=O) groups is 1. The van der Waals surface area contributed by atoms with Gasteiger partial charge in [-0.25, -0.2) is 4.79 Å². The first-order valence-corrected chi connectivity index (χ1v) is 11.9. The van der Waals surface area contributed by atoms with Gasteiger partial charge in [-0.3, -0.25) is 0 Å². The van der Waals surface area contributed by atoms with E-state index >= 15 is 0 Å². The third-order valence-electron chi connectivity index (χ3n) is 5.53. The summed E-state index contributed by atoms with van der Waals surface area (Å²) in [5, 5.41) is 9.68. The number of hydrogen-bond donors (Lipinski definition) is 1. The molecule has 0 aromatic heterocycles. The first-order chi connectivity index (χ1) is 12.1. The summed E-state index contributed by atoms with van der Waals surface area (Å²) in [6.45, 7) is 10.3. The van der Waals surface area contributed by atoms with E-state index in [0.29, 0.717) is 0 Å². The quantitative estimate of drug-likeness (QED) is 0.640. The average Bonchev–Trinajstić information content (AvgIpc) is 2.89. The Balaban J connectivity index is 1.86. The molecule has 26 heavy (non-hydrogen) atoms. The van der Waals surface area contributed by atoms with Gasteiger partial charge in [0.05, 0.1) is 6.61 Å². The first kappa shape index (κ1) is 19.5. The summed E-state index contributed by atoms with van der Waals surface area (Å²) in [7, 11) is -2.21. The maximum Gasteiger partial charge on any atom is 0.337 e. The first-order valence-electron chi connectivity index (χ1n) is 8.99. The number of ether oxygens (including phenoxy) is 3. The van der Waals surface area contributed by atoms with Gasteiger partial charge in [0.2, 0.25) is 0 Å². The molecule has 3 rings (SSSR count). The van der Waals surface area contributed by atoms with Crippen molar-refractivity contribution >= 4 is 14.3 Å². The SMILES string of the molecule is CC(C)(C)[Si](C)(C)O[C@@H]1C(=O)O[C@H]2[C@@H]1O[C@@H](c1ccccc1)O[C@H]2CO. The Morgan fingerprint density at radius 2 is 1.77 bits per heavy atom. The van der Waals surface area contributed by atoms with Crippen molar-refractivity contribution in [1.82, 2.24) is 0 Å². The Kier molecular flexibility index (Phi) is 5.29. The monoisotopic (exact) mass is 380 g/mol. The Bertz CT molecular complexity index is 641. The number of aliphatic hydroxyl groups is 1. The fourth-order valence-corrected chi connectivity index (χ4v) is 4.16. The molecule has 0 saturated carbocycles. The molecule has 0 amide bonds. The van der Waals surface area contributed by atoms with Gasteiger partial charge in [0.25, 0.3) is 0 Å². The molecule has 0 aliphatic carbocycles. The molecule has 0 radical (unpaired) electrons. The fraction of sp³-hybridized carbons (Fsp3) is 0.632. The number of esters is 1. The molecule has 0 spiro atoms. The topological polar surface area (TPSA) is 74.2 Å². The van der Waals surface area contributed by atoms with E-state index in [9.17, 15) is 9.90 Å². The van der Waals surface area contributed by atoms with Crippen molar-refractivity contribution < 1.29 is 28.5 Å². The van der Waals surface area contributed by atoms with Gasteiger partial charge < -0.3 is 23.7 Å². The van der Waals surface area contributed by atoms with Gasteiger partial charge in [0, 0.05) is 5.56 Å². The smallest absolute Gasteiger partial charge is 0.337 e.